The van der Waals surface area contributed by atoms with E-state index >= 15 is 0 Å². The van der Waals surface area contributed by atoms with Crippen LogP contribution in [0.2, 0.25) is 10.0 Å². The molecule has 0 aromatic heterocycles. The summed E-state index contributed by atoms with van der Waals surface area (Å²) in [4.78, 5) is 0. The van der Waals surface area contributed by atoms with E-state index in [9.17, 15) is 5.11 Å². The highest BCUT2D eigenvalue weighted by Crippen LogP contribution is 2.49. The van der Waals surface area contributed by atoms with Crippen molar-refractivity contribution in [1.29, 1.82) is 0 Å². The molecule has 1 unspecified atom stereocenters. The van der Waals surface area contributed by atoms with Crippen molar-refractivity contribution in [2.24, 2.45) is 23.0 Å². The van der Waals surface area contributed by atoms with E-state index in [-0.39, 0.29) is 5.41 Å². The molecule has 4 heteroatoms. The molecule has 21 heavy (non-hydrogen) atoms. The first-order chi connectivity index (χ1) is 9.89. The summed E-state index contributed by atoms with van der Waals surface area (Å²) in [5.41, 5.74) is 6.48. The van der Waals surface area contributed by atoms with Crippen molar-refractivity contribution in [3.63, 3.8) is 0 Å². The minimum absolute atomic E-state index is 0.278. The van der Waals surface area contributed by atoms with E-state index in [0.29, 0.717) is 28.1 Å². The smallest absolute Gasteiger partial charge is 0.0873 e. The number of aliphatic hydroxyl groups is 1. The van der Waals surface area contributed by atoms with Crippen molar-refractivity contribution in [1.82, 2.24) is 0 Å². The van der Waals surface area contributed by atoms with Crippen LogP contribution in [-0.4, -0.2) is 11.7 Å². The van der Waals surface area contributed by atoms with Gasteiger partial charge in [-0.3, -0.25) is 0 Å². The second kappa shape index (κ2) is 6.87. The van der Waals surface area contributed by atoms with Gasteiger partial charge in [-0.05, 0) is 55.7 Å². The molecule has 0 bridgehead atoms. The molecule has 0 amide bonds. The molecule has 2 nitrogen and oxygen atoms in total. The van der Waals surface area contributed by atoms with Gasteiger partial charge in [-0.1, -0.05) is 37.0 Å². The van der Waals surface area contributed by atoms with Gasteiger partial charge in [0.25, 0.3) is 0 Å². The van der Waals surface area contributed by atoms with E-state index in [0.717, 1.165) is 31.6 Å². The monoisotopic (exact) mass is 329 g/mol. The number of hydrogen-bond donors (Lipinski definition) is 2. The van der Waals surface area contributed by atoms with Gasteiger partial charge in [-0.2, -0.15) is 0 Å². The zero-order chi connectivity index (χ0) is 15.6. The highest BCUT2D eigenvalue weighted by molar-refractivity contribution is 6.33. The number of halogens is 2. The molecule has 1 saturated carbocycles. The quantitative estimate of drug-likeness (QED) is 0.831. The predicted octanol–water partition coefficient (Wildman–Crippen LogP) is 4.82. The van der Waals surface area contributed by atoms with Gasteiger partial charge in [0.2, 0.25) is 0 Å². The fraction of sp³-hybridized carbons (Fsp3) is 0.647. The molecule has 0 aliphatic heterocycles. The van der Waals surface area contributed by atoms with E-state index in [1.54, 1.807) is 18.2 Å². The second-order valence-electron chi connectivity index (χ2n) is 6.72. The summed E-state index contributed by atoms with van der Waals surface area (Å²) in [6.07, 6.45) is 3.46. The average Bonchev–Trinajstić information content (AvgIpc) is 2.49. The molecule has 1 aromatic rings. The summed E-state index contributed by atoms with van der Waals surface area (Å²) in [6, 6.07) is 5.25. The summed E-state index contributed by atoms with van der Waals surface area (Å²) in [7, 11) is 0. The van der Waals surface area contributed by atoms with E-state index in [1.165, 1.54) is 0 Å². The van der Waals surface area contributed by atoms with Crippen LogP contribution < -0.4 is 5.73 Å². The van der Waals surface area contributed by atoms with Crippen LogP contribution in [0, 0.1) is 17.3 Å². The van der Waals surface area contributed by atoms with Crippen LogP contribution in [-0.2, 0) is 0 Å². The van der Waals surface area contributed by atoms with Gasteiger partial charge in [0, 0.05) is 27.6 Å². The van der Waals surface area contributed by atoms with Crippen molar-refractivity contribution < 1.29 is 5.11 Å². The SMILES string of the molecule is CC(C)C1CCC(CN)(C(O)c2cc(Cl)ccc2Cl)CC1. The normalized spacial score (nSPS) is 27.9. The summed E-state index contributed by atoms with van der Waals surface area (Å²) in [5.74, 6) is 1.42. The zero-order valence-electron chi connectivity index (χ0n) is 12.8. The van der Waals surface area contributed by atoms with Crippen LogP contribution >= 0.6 is 23.2 Å². The maximum absolute atomic E-state index is 10.9. The van der Waals surface area contributed by atoms with Crippen molar-refractivity contribution in [2.45, 2.75) is 45.6 Å². The minimum atomic E-state index is -0.651. The Kier molecular flexibility index (Phi) is 5.59. The Labute approximate surface area is 137 Å². The summed E-state index contributed by atoms with van der Waals surface area (Å²) in [6.45, 7) is 5.01. The van der Waals surface area contributed by atoms with E-state index in [1.807, 2.05) is 0 Å². The lowest BCUT2D eigenvalue weighted by atomic mass is 9.64. The summed E-state index contributed by atoms with van der Waals surface area (Å²) in [5, 5.41) is 12.1. The number of benzene rings is 1. The number of hydrogen-bond acceptors (Lipinski definition) is 2. The maximum atomic E-state index is 10.9. The fourth-order valence-electron chi connectivity index (χ4n) is 3.52. The zero-order valence-corrected chi connectivity index (χ0v) is 14.3. The van der Waals surface area contributed by atoms with Crippen molar-refractivity contribution in [3.8, 4) is 0 Å². The number of nitrogens with two attached hydrogens (primary N) is 1. The number of aliphatic hydroxyl groups excluding tert-OH is 1. The fourth-order valence-corrected chi connectivity index (χ4v) is 3.93. The molecule has 2 rings (SSSR count). The van der Waals surface area contributed by atoms with Crippen LogP contribution in [0.15, 0.2) is 18.2 Å². The molecule has 0 heterocycles. The molecule has 0 saturated heterocycles. The molecule has 0 spiro atoms. The Morgan fingerprint density at radius 1 is 1.29 bits per heavy atom. The van der Waals surface area contributed by atoms with E-state index in [2.05, 4.69) is 13.8 Å². The van der Waals surface area contributed by atoms with E-state index in [4.69, 9.17) is 28.9 Å². The van der Waals surface area contributed by atoms with Crippen LogP contribution in [0.1, 0.15) is 51.2 Å². The first kappa shape index (κ1) is 17.1. The molecule has 1 fully saturated rings. The Hall–Kier alpha value is -0.280. The number of rotatable bonds is 4. The Morgan fingerprint density at radius 3 is 2.43 bits per heavy atom. The van der Waals surface area contributed by atoms with Gasteiger partial charge in [0.1, 0.15) is 0 Å². The lowest BCUT2D eigenvalue weighted by molar-refractivity contribution is -0.0147. The van der Waals surface area contributed by atoms with Crippen molar-refractivity contribution >= 4 is 23.2 Å². The standard InChI is InChI=1S/C17H25Cl2NO/c1-11(2)12-5-7-17(10-20,8-6-12)16(21)14-9-13(18)3-4-15(14)19/h3-4,9,11-12,16,21H,5-8,10,20H2,1-2H3. The highest BCUT2D eigenvalue weighted by Gasteiger charge is 2.42. The average molecular weight is 330 g/mol. The van der Waals surface area contributed by atoms with Gasteiger partial charge in [0.05, 0.1) is 6.10 Å². The Balaban J connectivity index is 2.23. The lowest BCUT2D eigenvalue weighted by Crippen LogP contribution is -2.41. The van der Waals surface area contributed by atoms with Crippen LogP contribution in [0.4, 0.5) is 0 Å². The Morgan fingerprint density at radius 2 is 1.90 bits per heavy atom. The largest absolute Gasteiger partial charge is 0.388 e. The highest BCUT2D eigenvalue weighted by atomic mass is 35.5. The Bertz CT molecular complexity index is 482. The first-order valence-electron chi connectivity index (χ1n) is 7.72. The third-order valence-corrected chi connectivity index (χ3v) is 5.79. The second-order valence-corrected chi connectivity index (χ2v) is 7.56. The van der Waals surface area contributed by atoms with E-state index < -0.39 is 6.10 Å². The maximum Gasteiger partial charge on any atom is 0.0873 e. The topological polar surface area (TPSA) is 46.2 Å². The predicted molar refractivity (Wildman–Crippen MR) is 89.7 cm³/mol. The molecular formula is C17H25Cl2NO. The third kappa shape index (κ3) is 3.56. The summed E-state index contributed by atoms with van der Waals surface area (Å²) >= 11 is 12.3. The lowest BCUT2D eigenvalue weighted by Gasteiger charge is -2.44. The first-order valence-corrected chi connectivity index (χ1v) is 8.48. The van der Waals surface area contributed by atoms with Crippen molar-refractivity contribution in [2.75, 3.05) is 6.54 Å². The van der Waals surface area contributed by atoms with Crippen molar-refractivity contribution in [3.05, 3.63) is 33.8 Å². The molecular weight excluding hydrogens is 305 g/mol. The van der Waals surface area contributed by atoms with Crippen LogP contribution in [0.25, 0.3) is 0 Å². The molecule has 1 aromatic carbocycles. The third-order valence-electron chi connectivity index (χ3n) is 5.21. The molecule has 1 atom stereocenters. The van der Waals surface area contributed by atoms with Gasteiger partial charge >= 0.3 is 0 Å². The van der Waals surface area contributed by atoms with Crippen LogP contribution in [0.5, 0.6) is 0 Å². The minimum Gasteiger partial charge on any atom is -0.388 e. The molecule has 3 N–H and O–H groups in total. The van der Waals surface area contributed by atoms with Gasteiger partial charge < -0.3 is 10.8 Å². The van der Waals surface area contributed by atoms with Gasteiger partial charge in [0.15, 0.2) is 0 Å². The summed E-state index contributed by atoms with van der Waals surface area (Å²) < 4.78 is 0. The molecule has 0 radical (unpaired) electrons. The molecule has 1 aliphatic carbocycles. The molecule has 118 valence electrons. The van der Waals surface area contributed by atoms with Gasteiger partial charge in [-0.25, -0.2) is 0 Å². The van der Waals surface area contributed by atoms with Gasteiger partial charge in [-0.15, -0.1) is 0 Å². The van der Waals surface area contributed by atoms with Crippen LogP contribution in [0.3, 0.4) is 0 Å². The molecule has 1 aliphatic rings.